The number of likely N-dealkylation sites (tertiary alicyclic amines) is 1. The summed E-state index contributed by atoms with van der Waals surface area (Å²) in [5, 5.41) is 21.5. The first kappa shape index (κ1) is 13.6. The number of piperidine rings is 1. The van der Waals surface area contributed by atoms with Crippen molar-refractivity contribution in [1.82, 2.24) is 4.90 Å². The van der Waals surface area contributed by atoms with Crippen molar-refractivity contribution in [2.45, 2.75) is 26.3 Å². The van der Waals surface area contributed by atoms with E-state index in [0.717, 1.165) is 49.3 Å². The number of oxime groups is 1. The third-order valence-corrected chi connectivity index (χ3v) is 3.79. The maximum atomic E-state index is 9.11. The fourth-order valence-electron chi connectivity index (χ4n) is 2.63. The van der Waals surface area contributed by atoms with Crippen molar-refractivity contribution in [1.29, 1.82) is 5.26 Å². The summed E-state index contributed by atoms with van der Waals surface area (Å²) in [6.45, 7) is 4.69. The monoisotopic (exact) mass is 257 g/mol. The van der Waals surface area contributed by atoms with Gasteiger partial charge in [0.05, 0.1) is 17.3 Å². The first-order valence-corrected chi connectivity index (χ1v) is 6.69. The molecule has 0 amide bonds. The molecular formula is C15H19N3O. The smallest absolute Gasteiger partial charge is 0.0995 e. The lowest BCUT2D eigenvalue weighted by atomic mass is 9.92. The minimum atomic E-state index is 0.327. The lowest BCUT2D eigenvalue weighted by Gasteiger charge is -2.32. The van der Waals surface area contributed by atoms with Gasteiger partial charge in [-0.15, -0.1) is 0 Å². The molecule has 1 aliphatic rings. The van der Waals surface area contributed by atoms with E-state index in [-0.39, 0.29) is 0 Å². The molecular weight excluding hydrogens is 238 g/mol. The molecule has 1 saturated heterocycles. The van der Waals surface area contributed by atoms with Gasteiger partial charge < -0.3 is 5.21 Å². The maximum absolute atomic E-state index is 9.11. The highest BCUT2D eigenvalue weighted by Gasteiger charge is 2.24. The Morgan fingerprint density at radius 2 is 2.26 bits per heavy atom. The Hall–Kier alpha value is -1.86. The second-order valence-electron chi connectivity index (χ2n) is 4.95. The van der Waals surface area contributed by atoms with Crippen molar-refractivity contribution in [2.75, 3.05) is 13.1 Å². The SMILES string of the molecule is CCC1CN(Cc2ccccc2C#N)CC/C1=N\O. The quantitative estimate of drug-likeness (QED) is 0.669. The third kappa shape index (κ3) is 3.12. The van der Waals surface area contributed by atoms with Gasteiger partial charge in [-0.3, -0.25) is 4.90 Å². The number of nitrogens with zero attached hydrogens (tertiary/aromatic N) is 3. The molecule has 1 unspecified atom stereocenters. The van der Waals surface area contributed by atoms with Crippen molar-refractivity contribution in [2.24, 2.45) is 11.1 Å². The van der Waals surface area contributed by atoms with Gasteiger partial charge in [-0.1, -0.05) is 30.3 Å². The molecule has 1 fully saturated rings. The summed E-state index contributed by atoms with van der Waals surface area (Å²) in [7, 11) is 0. The lowest BCUT2D eigenvalue weighted by molar-refractivity contribution is 0.220. The Morgan fingerprint density at radius 1 is 1.47 bits per heavy atom. The number of nitriles is 1. The maximum Gasteiger partial charge on any atom is 0.0995 e. The molecule has 0 aliphatic carbocycles. The Bertz CT molecular complexity index is 504. The van der Waals surface area contributed by atoms with Gasteiger partial charge >= 0.3 is 0 Å². The molecule has 0 saturated carbocycles. The molecule has 1 aromatic rings. The van der Waals surface area contributed by atoms with E-state index in [0.29, 0.717) is 5.92 Å². The van der Waals surface area contributed by atoms with E-state index in [1.807, 2.05) is 24.3 Å². The van der Waals surface area contributed by atoms with Crippen LogP contribution in [-0.2, 0) is 6.54 Å². The van der Waals surface area contributed by atoms with E-state index in [2.05, 4.69) is 23.0 Å². The van der Waals surface area contributed by atoms with Crippen LogP contribution in [0.15, 0.2) is 29.4 Å². The molecule has 2 rings (SSSR count). The zero-order valence-corrected chi connectivity index (χ0v) is 11.2. The predicted molar refractivity (Wildman–Crippen MR) is 74.1 cm³/mol. The van der Waals surface area contributed by atoms with Gasteiger partial charge in [-0.2, -0.15) is 5.26 Å². The van der Waals surface area contributed by atoms with E-state index in [1.54, 1.807) is 0 Å². The Balaban J connectivity index is 2.07. The summed E-state index contributed by atoms with van der Waals surface area (Å²) in [5.41, 5.74) is 2.73. The van der Waals surface area contributed by atoms with E-state index in [9.17, 15) is 0 Å². The van der Waals surface area contributed by atoms with Gasteiger partial charge in [0.1, 0.15) is 0 Å². The first-order valence-electron chi connectivity index (χ1n) is 6.69. The minimum absolute atomic E-state index is 0.327. The normalized spacial score (nSPS) is 22.3. The fourth-order valence-corrected chi connectivity index (χ4v) is 2.63. The number of hydrogen-bond acceptors (Lipinski definition) is 4. The average molecular weight is 257 g/mol. The largest absolute Gasteiger partial charge is 0.411 e. The van der Waals surface area contributed by atoms with Gasteiger partial charge in [-0.05, 0) is 18.1 Å². The van der Waals surface area contributed by atoms with E-state index < -0.39 is 0 Å². The molecule has 0 spiro atoms. The van der Waals surface area contributed by atoms with Crippen LogP contribution in [0, 0.1) is 17.2 Å². The fraction of sp³-hybridized carbons (Fsp3) is 0.467. The Morgan fingerprint density at radius 3 is 2.95 bits per heavy atom. The second-order valence-corrected chi connectivity index (χ2v) is 4.95. The third-order valence-electron chi connectivity index (χ3n) is 3.79. The average Bonchev–Trinajstić information content (AvgIpc) is 2.47. The molecule has 1 aromatic carbocycles. The molecule has 1 aliphatic heterocycles. The van der Waals surface area contributed by atoms with E-state index in [1.165, 1.54) is 0 Å². The van der Waals surface area contributed by atoms with Crippen molar-refractivity contribution in [3.63, 3.8) is 0 Å². The molecule has 1 atom stereocenters. The molecule has 0 radical (unpaired) electrons. The van der Waals surface area contributed by atoms with Gasteiger partial charge in [0.15, 0.2) is 0 Å². The minimum Gasteiger partial charge on any atom is -0.411 e. The van der Waals surface area contributed by atoms with Crippen LogP contribution in [0.2, 0.25) is 0 Å². The van der Waals surface area contributed by atoms with Crippen LogP contribution in [0.1, 0.15) is 30.9 Å². The lowest BCUT2D eigenvalue weighted by Crippen LogP contribution is -2.40. The van der Waals surface area contributed by atoms with Crippen molar-refractivity contribution < 1.29 is 5.21 Å². The van der Waals surface area contributed by atoms with Crippen LogP contribution >= 0.6 is 0 Å². The van der Waals surface area contributed by atoms with Crippen molar-refractivity contribution in [3.8, 4) is 6.07 Å². The number of benzene rings is 1. The van der Waals surface area contributed by atoms with Crippen LogP contribution in [0.5, 0.6) is 0 Å². The summed E-state index contributed by atoms with van der Waals surface area (Å²) in [5.74, 6) is 0.327. The van der Waals surface area contributed by atoms with Gasteiger partial charge in [-0.25, -0.2) is 0 Å². The van der Waals surface area contributed by atoms with Gasteiger partial charge in [0.2, 0.25) is 0 Å². The summed E-state index contributed by atoms with van der Waals surface area (Å²) >= 11 is 0. The summed E-state index contributed by atoms with van der Waals surface area (Å²) in [4.78, 5) is 2.33. The molecule has 19 heavy (non-hydrogen) atoms. The van der Waals surface area contributed by atoms with Gasteiger partial charge in [0, 0.05) is 32.0 Å². The highest BCUT2D eigenvalue weighted by atomic mass is 16.4. The van der Waals surface area contributed by atoms with Crippen LogP contribution in [-0.4, -0.2) is 28.9 Å². The predicted octanol–water partition coefficient (Wildman–Crippen LogP) is 2.62. The van der Waals surface area contributed by atoms with E-state index in [4.69, 9.17) is 10.5 Å². The summed E-state index contributed by atoms with van der Waals surface area (Å²) in [6.07, 6.45) is 1.79. The zero-order valence-electron chi connectivity index (χ0n) is 11.2. The Kier molecular flexibility index (Phi) is 4.53. The molecule has 0 bridgehead atoms. The molecule has 1 N–H and O–H groups in total. The zero-order chi connectivity index (χ0) is 13.7. The van der Waals surface area contributed by atoms with Crippen molar-refractivity contribution in [3.05, 3.63) is 35.4 Å². The highest BCUT2D eigenvalue weighted by Crippen LogP contribution is 2.20. The first-order chi connectivity index (χ1) is 9.28. The molecule has 1 heterocycles. The topological polar surface area (TPSA) is 59.6 Å². The Labute approximate surface area is 114 Å². The molecule has 0 aromatic heterocycles. The summed E-state index contributed by atoms with van der Waals surface area (Å²) in [6, 6.07) is 9.97. The number of hydrogen-bond donors (Lipinski definition) is 1. The van der Waals surface area contributed by atoms with Gasteiger partial charge in [0.25, 0.3) is 0 Å². The molecule has 4 nitrogen and oxygen atoms in total. The summed E-state index contributed by atoms with van der Waals surface area (Å²) < 4.78 is 0. The molecule has 4 heteroatoms. The van der Waals surface area contributed by atoms with E-state index >= 15 is 0 Å². The van der Waals surface area contributed by atoms with Crippen LogP contribution in [0.3, 0.4) is 0 Å². The van der Waals surface area contributed by atoms with Crippen LogP contribution in [0.25, 0.3) is 0 Å². The highest BCUT2D eigenvalue weighted by molar-refractivity contribution is 5.87. The number of rotatable bonds is 3. The van der Waals surface area contributed by atoms with Crippen LogP contribution < -0.4 is 0 Å². The second kappa shape index (κ2) is 6.35. The standard InChI is InChI=1S/C15H19N3O/c1-2-12-10-18(8-7-15(12)17-19)11-14-6-4-3-5-13(14)9-16/h3-6,12,19H,2,7-8,10-11H2,1H3/b17-15+. The van der Waals surface area contributed by atoms with Crippen molar-refractivity contribution >= 4 is 5.71 Å². The molecule has 100 valence electrons. The van der Waals surface area contributed by atoms with Crippen LogP contribution in [0.4, 0.5) is 0 Å².